The van der Waals surface area contributed by atoms with Crippen LogP contribution in [0.2, 0.25) is 5.02 Å². The van der Waals surface area contributed by atoms with E-state index in [0.717, 1.165) is 21.0 Å². The Labute approximate surface area is 137 Å². The molecule has 3 rings (SSSR count). The van der Waals surface area contributed by atoms with Crippen LogP contribution in [0, 0.1) is 0 Å². The van der Waals surface area contributed by atoms with Crippen molar-refractivity contribution < 1.29 is 4.79 Å². The molecule has 2 N–H and O–H groups in total. The number of amides is 1. The second-order valence-corrected chi connectivity index (χ2v) is 6.25. The molecular weight excluding hydrogens is 316 g/mol. The van der Waals surface area contributed by atoms with E-state index in [-0.39, 0.29) is 12.3 Å². The van der Waals surface area contributed by atoms with Gasteiger partial charge in [0.2, 0.25) is 5.91 Å². The van der Waals surface area contributed by atoms with Gasteiger partial charge in [-0.05, 0) is 17.7 Å². The molecular formula is C17H13ClN2OS. The van der Waals surface area contributed by atoms with Crippen molar-refractivity contribution in [2.75, 3.05) is 0 Å². The maximum atomic E-state index is 11.3. The number of aromatic nitrogens is 1. The van der Waals surface area contributed by atoms with Gasteiger partial charge < -0.3 is 5.73 Å². The second-order valence-electron chi connectivity index (χ2n) is 4.81. The number of carbonyl (C=O) groups is 1. The molecule has 3 aromatic rings. The second kappa shape index (κ2) is 6.30. The summed E-state index contributed by atoms with van der Waals surface area (Å²) in [6, 6.07) is 17.4. The summed E-state index contributed by atoms with van der Waals surface area (Å²) in [4.78, 5) is 16.9. The lowest BCUT2D eigenvalue weighted by Crippen LogP contribution is -2.14. The van der Waals surface area contributed by atoms with Crippen LogP contribution in [0.25, 0.3) is 21.0 Å². The fourth-order valence-corrected chi connectivity index (χ4v) is 3.39. The highest BCUT2D eigenvalue weighted by molar-refractivity contribution is 7.18. The Morgan fingerprint density at radius 3 is 2.36 bits per heavy atom. The van der Waals surface area contributed by atoms with Gasteiger partial charge in [0.1, 0.15) is 5.01 Å². The van der Waals surface area contributed by atoms with Gasteiger partial charge in [0, 0.05) is 10.6 Å². The first-order chi connectivity index (χ1) is 10.6. The topological polar surface area (TPSA) is 56.0 Å². The van der Waals surface area contributed by atoms with Gasteiger partial charge in [-0.15, -0.1) is 11.3 Å². The smallest absolute Gasteiger partial charge is 0.223 e. The summed E-state index contributed by atoms with van der Waals surface area (Å²) < 4.78 is 0. The summed E-state index contributed by atoms with van der Waals surface area (Å²) in [5.41, 5.74) is 8.08. The highest BCUT2D eigenvalue weighted by Crippen LogP contribution is 2.36. The number of hydrogen-bond donors (Lipinski definition) is 1. The van der Waals surface area contributed by atoms with Crippen molar-refractivity contribution in [3.05, 3.63) is 65.3 Å². The molecule has 110 valence electrons. The Hall–Kier alpha value is -2.17. The Balaban J connectivity index is 2.08. The lowest BCUT2D eigenvalue weighted by molar-refractivity contribution is -0.117. The van der Waals surface area contributed by atoms with E-state index in [0.29, 0.717) is 10.7 Å². The first kappa shape index (κ1) is 14.8. The number of benzene rings is 2. The van der Waals surface area contributed by atoms with Gasteiger partial charge >= 0.3 is 0 Å². The van der Waals surface area contributed by atoms with Gasteiger partial charge in [-0.1, -0.05) is 54.1 Å². The van der Waals surface area contributed by atoms with Crippen LogP contribution in [0.5, 0.6) is 0 Å². The van der Waals surface area contributed by atoms with Crippen LogP contribution in [-0.4, -0.2) is 10.9 Å². The van der Waals surface area contributed by atoms with Crippen LogP contribution in [-0.2, 0) is 11.2 Å². The van der Waals surface area contributed by atoms with Gasteiger partial charge in [-0.2, -0.15) is 0 Å². The standard InChI is InChI=1S/C17H13ClN2OS/c18-13-8-6-12(7-9-13)17-20-14(10-15(19)21)16(22-17)11-4-2-1-3-5-11/h1-9H,10H2,(H2,19,21). The predicted octanol–water partition coefficient (Wildman–Crippen LogP) is 4.16. The Kier molecular flexibility index (Phi) is 4.22. The number of nitrogens with two attached hydrogens (primary N) is 1. The summed E-state index contributed by atoms with van der Waals surface area (Å²) >= 11 is 7.47. The molecule has 0 saturated heterocycles. The highest BCUT2D eigenvalue weighted by Gasteiger charge is 2.15. The summed E-state index contributed by atoms with van der Waals surface area (Å²) in [7, 11) is 0. The van der Waals surface area contributed by atoms with E-state index in [9.17, 15) is 4.79 Å². The third-order valence-corrected chi connectivity index (χ3v) is 4.61. The summed E-state index contributed by atoms with van der Waals surface area (Å²) in [5, 5.41) is 1.53. The third kappa shape index (κ3) is 3.18. The van der Waals surface area contributed by atoms with Crippen LogP contribution in [0.4, 0.5) is 0 Å². The number of primary amides is 1. The SMILES string of the molecule is NC(=O)Cc1nc(-c2ccc(Cl)cc2)sc1-c1ccccc1. The van der Waals surface area contributed by atoms with E-state index >= 15 is 0 Å². The molecule has 0 aliphatic heterocycles. The Bertz CT molecular complexity index is 797. The van der Waals surface area contributed by atoms with Gasteiger partial charge in [-0.3, -0.25) is 4.79 Å². The molecule has 0 atom stereocenters. The van der Waals surface area contributed by atoms with Crippen molar-refractivity contribution >= 4 is 28.8 Å². The van der Waals surface area contributed by atoms with Crippen molar-refractivity contribution in [3.8, 4) is 21.0 Å². The molecule has 0 fully saturated rings. The number of nitrogens with zero attached hydrogens (tertiary/aromatic N) is 1. The minimum Gasteiger partial charge on any atom is -0.369 e. The molecule has 0 spiro atoms. The number of rotatable bonds is 4. The molecule has 0 radical (unpaired) electrons. The summed E-state index contributed by atoms with van der Waals surface area (Å²) in [6.07, 6.45) is 0.133. The maximum Gasteiger partial charge on any atom is 0.223 e. The largest absolute Gasteiger partial charge is 0.369 e. The van der Waals surface area contributed by atoms with Crippen LogP contribution >= 0.6 is 22.9 Å². The van der Waals surface area contributed by atoms with Crippen LogP contribution in [0.15, 0.2) is 54.6 Å². The first-order valence-electron chi connectivity index (χ1n) is 6.73. The van der Waals surface area contributed by atoms with Crippen molar-refractivity contribution in [2.24, 2.45) is 5.73 Å². The highest BCUT2D eigenvalue weighted by atomic mass is 35.5. The van der Waals surface area contributed by atoms with Crippen molar-refractivity contribution in [3.63, 3.8) is 0 Å². The van der Waals surface area contributed by atoms with E-state index in [1.807, 2.05) is 54.6 Å². The molecule has 1 heterocycles. The molecule has 0 aliphatic carbocycles. The van der Waals surface area contributed by atoms with Crippen LogP contribution < -0.4 is 5.73 Å². The third-order valence-electron chi connectivity index (χ3n) is 3.17. The lowest BCUT2D eigenvalue weighted by atomic mass is 10.1. The lowest BCUT2D eigenvalue weighted by Gasteiger charge is -1.99. The summed E-state index contributed by atoms with van der Waals surface area (Å²) in [5.74, 6) is -0.384. The van der Waals surface area contributed by atoms with Gasteiger partial charge in [0.05, 0.1) is 17.0 Å². The predicted molar refractivity (Wildman–Crippen MR) is 90.9 cm³/mol. The van der Waals surface area contributed by atoms with E-state index in [2.05, 4.69) is 4.98 Å². The molecule has 0 saturated carbocycles. The zero-order valence-corrected chi connectivity index (χ0v) is 13.2. The van der Waals surface area contributed by atoms with E-state index < -0.39 is 0 Å². The first-order valence-corrected chi connectivity index (χ1v) is 7.92. The van der Waals surface area contributed by atoms with Crippen molar-refractivity contribution in [1.82, 2.24) is 4.98 Å². The molecule has 3 nitrogen and oxygen atoms in total. The molecule has 0 aliphatic rings. The molecule has 0 unspecified atom stereocenters. The monoisotopic (exact) mass is 328 g/mol. The minimum atomic E-state index is -0.384. The van der Waals surface area contributed by atoms with Crippen molar-refractivity contribution in [1.29, 1.82) is 0 Å². The average Bonchev–Trinajstić information content (AvgIpc) is 2.92. The fourth-order valence-electron chi connectivity index (χ4n) is 2.17. The number of thiazole rings is 1. The van der Waals surface area contributed by atoms with E-state index in [4.69, 9.17) is 17.3 Å². The van der Waals surface area contributed by atoms with Crippen molar-refractivity contribution in [2.45, 2.75) is 6.42 Å². The quantitative estimate of drug-likeness (QED) is 0.781. The average molecular weight is 329 g/mol. The normalized spacial score (nSPS) is 10.6. The summed E-state index contributed by atoms with van der Waals surface area (Å²) in [6.45, 7) is 0. The fraction of sp³-hybridized carbons (Fsp3) is 0.0588. The Morgan fingerprint density at radius 1 is 1.05 bits per heavy atom. The van der Waals surface area contributed by atoms with Gasteiger partial charge in [0.25, 0.3) is 0 Å². The van der Waals surface area contributed by atoms with Gasteiger partial charge in [0.15, 0.2) is 0 Å². The van der Waals surface area contributed by atoms with E-state index in [1.54, 1.807) is 11.3 Å². The number of halogens is 1. The number of hydrogen-bond acceptors (Lipinski definition) is 3. The zero-order chi connectivity index (χ0) is 15.5. The molecule has 22 heavy (non-hydrogen) atoms. The molecule has 2 aromatic carbocycles. The maximum absolute atomic E-state index is 11.3. The zero-order valence-electron chi connectivity index (χ0n) is 11.6. The van der Waals surface area contributed by atoms with Crippen LogP contribution in [0.1, 0.15) is 5.69 Å². The van der Waals surface area contributed by atoms with Crippen LogP contribution in [0.3, 0.4) is 0 Å². The Morgan fingerprint density at radius 2 is 1.73 bits per heavy atom. The van der Waals surface area contributed by atoms with E-state index in [1.165, 1.54) is 0 Å². The molecule has 5 heteroatoms. The number of carbonyl (C=O) groups excluding carboxylic acids is 1. The molecule has 1 aromatic heterocycles. The van der Waals surface area contributed by atoms with Gasteiger partial charge in [-0.25, -0.2) is 4.98 Å². The molecule has 1 amide bonds. The minimum absolute atomic E-state index is 0.133. The molecule has 0 bridgehead atoms.